The van der Waals surface area contributed by atoms with Gasteiger partial charge in [0.2, 0.25) is 10.9 Å². The van der Waals surface area contributed by atoms with Gasteiger partial charge in [0.05, 0.1) is 6.54 Å². The molecule has 13 heavy (non-hydrogen) atoms. The monoisotopic (exact) mass is 206 g/mol. The van der Waals surface area contributed by atoms with Crippen LogP contribution in [0.1, 0.15) is 6.92 Å². The molecule has 0 aromatic carbocycles. The molecule has 0 atom stereocenters. The van der Waals surface area contributed by atoms with Crippen LogP contribution in [0.4, 0.5) is 0 Å². The summed E-state index contributed by atoms with van der Waals surface area (Å²) in [6.07, 6.45) is 0. The van der Waals surface area contributed by atoms with E-state index in [0.29, 0.717) is 32.7 Å². The molecule has 1 aliphatic heterocycles. The molecule has 0 radical (unpaired) electrons. The molecule has 0 aromatic heterocycles. The molecule has 0 N–H and O–H groups in total. The highest BCUT2D eigenvalue weighted by Crippen LogP contribution is 2.00. The molecule has 1 aliphatic rings. The molecule has 76 valence electrons. The van der Waals surface area contributed by atoms with Gasteiger partial charge in [0.1, 0.15) is 5.78 Å². The molecule has 0 saturated carbocycles. The highest BCUT2D eigenvalue weighted by molar-refractivity contribution is 7.69. The van der Waals surface area contributed by atoms with Gasteiger partial charge in [-0.3, -0.25) is 9.69 Å². The Balaban J connectivity index is 2.34. The quantitative estimate of drug-likeness (QED) is 0.584. The fraction of sp³-hybridized carbons (Fsp3) is 0.857. The van der Waals surface area contributed by atoms with E-state index >= 15 is 0 Å². The first-order valence-electron chi connectivity index (χ1n) is 4.20. The number of thiol groups is 1. The smallest absolute Gasteiger partial charge is 0.204 e. The van der Waals surface area contributed by atoms with Crippen LogP contribution in [-0.4, -0.2) is 56.1 Å². The molecule has 0 aromatic rings. The summed E-state index contributed by atoms with van der Waals surface area (Å²) < 4.78 is 22.5. The van der Waals surface area contributed by atoms with E-state index in [1.807, 2.05) is 4.90 Å². The van der Waals surface area contributed by atoms with Crippen LogP contribution in [0.2, 0.25) is 0 Å². The summed E-state index contributed by atoms with van der Waals surface area (Å²) in [5, 5.41) is 0. The van der Waals surface area contributed by atoms with Crippen LogP contribution in [-0.2, 0) is 15.7 Å². The first kappa shape index (κ1) is 10.6. The predicted octanol–water partition coefficient (Wildman–Crippen LogP) is -1.28. The van der Waals surface area contributed by atoms with Crippen LogP contribution in [0, 0.1) is 0 Å². The third-order valence-electron chi connectivity index (χ3n) is 2.03. The van der Waals surface area contributed by atoms with Crippen molar-refractivity contribution in [1.82, 2.24) is 9.21 Å². The first-order chi connectivity index (χ1) is 6.09. The number of nitrogens with zero attached hydrogens (tertiary/aromatic N) is 2. The van der Waals surface area contributed by atoms with E-state index in [0.717, 1.165) is 0 Å². The number of hydrogen-bond donors (Lipinski definition) is 1. The van der Waals surface area contributed by atoms with E-state index in [2.05, 4.69) is 0 Å². The van der Waals surface area contributed by atoms with E-state index in [1.165, 1.54) is 4.31 Å². The Morgan fingerprint density at radius 3 is 2.15 bits per heavy atom. The maximum Gasteiger partial charge on any atom is 0.204 e. The molecule has 0 spiro atoms. The van der Waals surface area contributed by atoms with Gasteiger partial charge >= 0.3 is 0 Å². The molecule has 6 heteroatoms. The fourth-order valence-corrected chi connectivity index (χ4v) is 1.88. The van der Waals surface area contributed by atoms with Crippen molar-refractivity contribution in [3.8, 4) is 0 Å². The predicted molar refractivity (Wildman–Crippen MR) is 49.0 cm³/mol. The Morgan fingerprint density at radius 2 is 1.77 bits per heavy atom. The molecule has 0 unspecified atom stereocenters. The van der Waals surface area contributed by atoms with Crippen LogP contribution in [0.3, 0.4) is 0 Å². The Kier molecular flexibility index (Phi) is 3.83. The summed E-state index contributed by atoms with van der Waals surface area (Å²) >= 11 is 0. The lowest BCUT2D eigenvalue weighted by molar-refractivity contribution is -0.118. The number of piperazine rings is 1. The van der Waals surface area contributed by atoms with Gasteiger partial charge in [-0.2, -0.15) is 0 Å². The van der Waals surface area contributed by atoms with Crippen molar-refractivity contribution in [2.75, 3.05) is 32.7 Å². The third-order valence-corrected chi connectivity index (χ3v) is 2.89. The summed E-state index contributed by atoms with van der Waals surface area (Å²) in [5.74, 6) is 0.125. The van der Waals surface area contributed by atoms with Gasteiger partial charge in [-0.25, -0.2) is 12.7 Å². The standard InChI is InChI=1S/C7H14N2O3S/c1-7(10)6-8-2-4-9(5-3-8)13(11)12/h13H,2-6H2,1H3. The summed E-state index contributed by atoms with van der Waals surface area (Å²) in [7, 11) is -2.44. The highest BCUT2D eigenvalue weighted by atomic mass is 32.2. The number of rotatable bonds is 3. The second kappa shape index (κ2) is 4.69. The minimum atomic E-state index is -2.44. The zero-order chi connectivity index (χ0) is 9.84. The SMILES string of the molecule is CC(=O)CN1CCN([SH](=O)=O)CC1. The minimum Gasteiger partial charge on any atom is -0.299 e. The molecule has 5 nitrogen and oxygen atoms in total. The minimum absolute atomic E-state index is 0.125. The van der Waals surface area contributed by atoms with Crippen molar-refractivity contribution in [3.05, 3.63) is 0 Å². The van der Waals surface area contributed by atoms with E-state index in [1.54, 1.807) is 6.92 Å². The van der Waals surface area contributed by atoms with Crippen molar-refractivity contribution in [2.24, 2.45) is 0 Å². The van der Waals surface area contributed by atoms with Crippen LogP contribution < -0.4 is 0 Å². The van der Waals surface area contributed by atoms with Crippen LogP contribution in [0.25, 0.3) is 0 Å². The molecule has 0 aliphatic carbocycles. The summed E-state index contributed by atoms with van der Waals surface area (Å²) in [4.78, 5) is 12.7. The van der Waals surface area contributed by atoms with Gasteiger partial charge in [0.25, 0.3) is 0 Å². The van der Waals surface area contributed by atoms with E-state index < -0.39 is 10.9 Å². The maximum absolute atomic E-state index is 10.8. The molecular formula is C7H14N2O3S. The van der Waals surface area contributed by atoms with E-state index in [9.17, 15) is 13.2 Å². The Morgan fingerprint density at radius 1 is 1.23 bits per heavy atom. The molecule has 0 bridgehead atoms. The van der Waals surface area contributed by atoms with Gasteiger partial charge in [-0.15, -0.1) is 0 Å². The van der Waals surface area contributed by atoms with Crippen molar-refractivity contribution in [1.29, 1.82) is 0 Å². The fourth-order valence-electron chi connectivity index (χ4n) is 1.37. The van der Waals surface area contributed by atoms with E-state index in [-0.39, 0.29) is 5.78 Å². The largest absolute Gasteiger partial charge is 0.299 e. The zero-order valence-corrected chi connectivity index (χ0v) is 8.50. The lowest BCUT2D eigenvalue weighted by atomic mass is 10.3. The number of carbonyl (C=O) groups excluding carboxylic acids is 1. The van der Waals surface area contributed by atoms with Gasteiger partial charge in [0.15, 0.2) is 0 Å². The third kappa shape index (κ3) is 3.41. The van der Waals surface area contributed by atoms with Crippen molar-refractivity contribution in [2.45, 2.75) is 6.92 Å². The van der Waals surface area contributed by atoms with Crippen LogP contribution in [0.15, 0.2) is 0 Å². The Hall–Kier alpha value is -0.460. The van der Waals surface area contributed by atoms with Crippen molar-refractivity contribution in [3.63, 3.8) is 0 Å². The van der Waals surface area contributed by atoms with Crippen LogP contribution in [0.5, 0.6) is 0 Å². The number of ketones is 1. The highest BCUT2D eigenvalue weighted by Gasteiger charge is 2.18. The summed E-state index contributed by atoms with van der Waals surface area (Å²) in [6, 6.07) is 0. The topological polar surface area (TPSA) is 57.7 Å². The zero-order valence-electron chi connectivity index (χ0n) is 7.60. The van der Waals surface area contributed by atoms with Crippen LogP contribution >= 0.6 is 0 Å². The summed E-state index contributed by atoms with van der Waals surface area (Å²) in [6.45, 7) is 4.30. The molecule has 1 fully saturated rings. The normalized spacial score (nSPS) is 20.8. The Labute approximate surface area is 79.4 Å². The van der Waals surface area contributed by atoms with Gasteiger partial charge in [-0.1, -0.05) is 0 Å². The van der Waals surface area contributed by atoms with E-state index in [4.69, 9.17) is 0 Å². The molecule has 1 heterocycles. The maximum atomic E-state index is 10.8. The molecule has 1 rings (SSSR count). The van der Waals surface area contributed by atoms with Gasteiger partial charge in [0, 0.05) is 26.2 Å². The average Bonchev–Trinajstić information content (AvgIpc) is 2.04. The average molecular weight is 206 g/mol. The molecular weight excluding hydrogens is 192 g/mol. The second-order valence-electron chi connectivity index (χ2n) is 3.17. The number of Topliss-reactive ketones (excluding diaryl/α,β-unsaturated/α-hetero) is 1. The second-order valence-corrected chi connectivity index (χ2v) is 4.21. The number of carbonyl (C=O) groups is 1. The van der Waals surface area contributed by atoms with Crippen molar-refractivity contribution < 1.29 is 13.2 Å². The number of hydrogen-bond acceptors (Lipinski definition) is 4. The van der Waals surface area contributed by atoms with Gasteiger partial charge in [-0.05, 0) is 6.92 Å². The van der Waals surface area contributed by atoms with Gasteiger partial charge < -0.3 is 0 Å². The van der Waals surface area contributed by atoms with Crippen molar-refractivity contribution >= 4 is 16.7 Å². The summed E-state index contributed by atoms with van der Waals surface area (Å²) in [5.41, 5.74) is 0. The lowest BCUT2D eigenvalue weighted by Crippen LogP contribution is -2.46. The first-order valence-corrected chi connectivity index (χ1v) is 5.33. The molecule has 0 amide bonds. The molecule has 1 saturated heterocycles. The lowest BCUT2D eigenvalue weighted by Gasteiger charge is -2.30. The Bertz CT molecular complexity index is 248.